The second-order valence-electron chi connectivity index (χ2n) is 10.4. The standard InChI is InChI=1S/C21H20N2O9S2.C8H17NO/c22-14-8-6-12-16(10-4-2-1-3-5-11(10)21(24)25)13-7-9-15(23)20(34(29,30)31)18(13)32-17(12)19(14)33(26,27)28;1-8(10)6-4-2-3-5-7-9/h4-9,14H,1-3,22-23H2,(H,24,25)(H,26,27,28)(H,29,30,31);2-7,9H2,1H3/p-2. The number of ketones is 1. The van der Waals surface area contributed by atoms with Crippen molar-refractivity contribution in [1.82, 2.24) is 0 Å². The zero-order valence-electron chi connectivity index (χ0n) is 24.2. The minimum Gasteiger partial charge on any atom is -0.744 e. The van der Waals surface area contributed by atoms with E-state index in [9.17, 15) is 40.6 Å². The number of nitrogens with two attached hydrogens (primary N) is 2. The Bertz CT molecular complexity index is 1700. The van der Waals surface area contributed by atoms with Crippen LogP contribution in [0.5, 0.6) is 5.75 Å². The normalized spacial score (nSPS) is 18.2. The van der Waals surface area contributed by atoms with Gasteiger partial charge in [0, 0.05) is 28.7 Å². The van der Waals surface area contributed by atoms with Gasteiger partial charge >= 0.3 is 0 Å². The molecule has 0 fully saturated rings. The van der Waals surface area contributed by atoms with Gasteiger partial charge in [-0.05, 0) is 75.4 Å². The lowest BCUT2D eigenvalue weighted by atomic mass is 9.83. The first-order valence-electron chi connectivity index (χ1n) is 13.9. The van der Waals surface area contributed by atoms with Crippen molar-refractivity contribution in [2.45, 2.75) is 69.2 Å². The van der Waals surface area contributed by atoms with E-state index >= 15 is 0 Å². The predicted molar refractivity (Wildman–Crippen MR) is 157 cm³/mol. The number of carboxylic acid groups (broad SMARTS) is 1. The Balaban J connectivity index is 0.000000456. The Morgan fingerprint density at radius 2 is 1.68 bits per heavy atom. The van der Waals surface area contributed by atoms with E-state index in [1.807, 2.05) is 0 Å². The lowest BCUT2D eigenvalue weighted by molar-refractivity contribution is -0.389. The number of rotatable bonds is 10. The van der Waals surface area contributed by atoms with E-state index in [1.165, 1.54) is 30.7 Å². The number of hydrogen-bond donors (Lipinski definition) is 3. The average molecular weight is 650 g/mol. The lowest BCUT2D eigenvalue weighted by Crippen LogP contribution is -2.62. The molecule has 15 heteroatoms. The summed E-state index contributed by atoms with van der Waals surface area (Å²) < 4.78 is 78.1. The Morgan fingerprint density at radius 3 is 2.27 bits per heavy atom. The number of carboxylic acids is 1. The summed E-state index contributed by atoms with van der Waals surface area (Å²) >= 11 is 0. The summed E-state index contributed by atoms with van der Waals surface area (Å²) in [6.45, 7) is 2.42. The third kappa shape index (κ3) is 8.11. The lowest BCUT2D eigenvalue weighted by Gasteiger charge is -2.33. The fourth-order valence-electron chi connectivity index (χ4n) is 5.08. The van der Waals surface area contributed by atoms with Crippen molar-refractivity contribution in [3.63, 3.8) is 0 Å². The van der Waals surface area contributed by atoms with Gasteiger partial charge in [-0.1, -0.05) is 25.0 Å². The first-order chi connectivity index (χ1) is 20.6. The van der Waals surface area contributed by atoms with Crippen LogP contribution >= 0.6 is 0 Å². The first-order valence-corrected chi connectivity index (χ1v) is 16.8. The highest BCUT2D eigenvalue weighted by Gasteiger charge is 2.38. The van der Waals surface area contributed by atoms with E-state index in [2.05, 4.69) is 5.73 Å². The zero-order valence-corrected chi connectivity index (χ0v) is 25.8. The number of ether oxygens (including phenoxy) is 1. The van der Waals surface area contributed by atoms with Crippen molar-refractivity contribution in [2.75, 3.05) is 12.3 Å². The van der Waals surface area contributed by atoms with Crippen molar-refractivity contribution in [3.05, 3.63) is 69.4 Å². The second kappa shape index (κ2) is 14.5. The van der Waals surface area contributed by atoms with E-state index in [4.69, 9.17) is 16.2 Å². The number of fused-ring (bicyclic) bond motifs is 2. The number of carbonyl (C=O) groups is 2. The maximum Gasteiger partial charge on any atom is 0.155 e. The maximum atomic E-state index is 12.1. The molecule has 240 valence electrons. The van der Waals surface area contributed by atoms with Crippen molar-refractivity contribution < 1.29 is 51.1 Å². The highest BCUT2D eigenvalue weighted by molar-refractivity contribution is 7.89. The summed E-state index contributed by atoms with van der Waals surface area (Å²) in [5, 5.41) is 12.0. The Labute approximate surface area is 256 Å². The van der Waals surface area contributed by atoms with Crippen molar-refractivity contribution in [2.24, 2.45) is 5.73 Å². The summed E-state index contributed by atoms with van der Waals surface area (Å²) in [5.74, 6) is -2.36. The monoisotopic (exact) mass is 649 g/mol. The van der Waals surface area contributed by atoms with Crippen LogP contribution in [0.4, 0.5) is 5.69 Å². The summed E-state index contributed by atoms with van der Waals surface area (Å²) in [7, 11) is -10.4. The molecule has 0 spiro atoms. The predicted octanol–water partition coefficient (Wildman–Crippen LogP) is 0.527. The van der Waals surface area contributed by atoms with Crippen LogP contribution in [0.1, 0.15) is 63.9 Å². The van der Waals surface area contributed by atoms with E-state index in [0.717, 1.165) is 38.3 Å². The van der Waals surface area contributed by atoms with Gasteiger partial charge in [-0.15, -0.1) is 0 Å². The molecule has 0 saturated carbocycles. The molecule has 0 saturated heterocycles. The van der Waals surface area contributed by atoms with Gasteiger partial charge in [0.15, 0.2) is 11.5 Å². The highest BCUT2D eigenvalue weighted by atomic mass is 32.2. The van der Waals surface area contributed by atoms with Crippen molar-refractivity contribution >= 4 is 43.2 Å². The number of Topliss-reactive ketones (excluding diaryl/α,β-unsaturated/α-hetero) is 1. The molecular formula is C29H35N3O10S2-2. The van der Waals surface area contributed by atoms with Crippen LogP contribution in [-0.4, -0.2) is 50.3 Å². The molecule has 0 amide bonds. The molecular weight excluding hydrogens is 614 g/mol. The number of benzene rings is 1. The maximum absolute atomic E-state index is 12.1. The fourth-order valence-corrected chi connectivity index (χ4v) is 6.64. The van der Waals surface area contributed by atoms with E-state index in [0.29, 0.717) is 25.0 Å². The van der Waals surface area contributed by atoms with Crippen LogP contribution in [-0.2, 0) is 29.8 Å². The number of carbonyl (C=O) groups excluding carboxylic acids is 2. The molecule has 0 bridgehead atoms. The first kappa shape index (κ1) is 34.9. The number of nitrogen functional groups attached to an aromatic ring is 1. The Kier molecular flexibility index (Phi) is 11.5. The molecule has 3 aliphatic rings. The third-order valence-corrected chi connectivity index (χ3v) is 9.02. The molecule has 44 heavy (non-hydrogen) atoms. The van der Waals surface area contributed by atoms with E-state index in [-0.39, 0.29) is 27.9 Å². The summed E-state index contributed by atoms with van der Waals surface area (Å²) in [6, 6.07) is 1.29. The molecule has 1 atom stereocenters. The molecule has 1 aromatic rings. The number of quaternary nitrogens is 1. The van der Waals surface area contributed by atoms with Crippen LogP contribution in [0.25, 0.3) is 5.57 Å². The third-order valence-electron chi connectivity index (χ3n) is 7.07. The van der Waals surface area contributed by atoms with Gasteiger partial charge in [-0.2, -0.15) is 0 Å². The molecule has 0 radical (unpaired) electrons. The molecule has 1 aromatic carbocycles. The molecule has 2 aliphatic carbocycles. The van der Waals surface area contributed by atoms with Gasteiger partial charge in [0.1, 0.15) is 41.9 Å². The molecule has 13 nitrogen and oxygen atoms in total. The Morgan fingerprint density at radius 1 is 1.02 bits per heavy atom. The average Bonchev–Trinajstić information content (AvgIpc) is 3.16. The van der Waals surface area contributed by atoms with Crippen LogP contribution in [0.15, 0.2) is 68.7 Å². The molecule has 1 aliphatic heterocycles. The second-order valence-corrected chi connectivity index (χ2v) is 13.1. The smallest absolute Gasteiger partial charge is 0.155 e. The summed E-state index contributed by atoms with van der Waals surface area (Å²) in [4.78, 5) is 20.7. The van der Waals surface area contributed by atoms with Gasteiger partial charge in [0.05, 0.1) is 11.7 Å². The number of hydrogen-bond acceptors (Lipinski definition) is 12. The van der Waals surface area contributed by atoms with E-state index < -0.39 is 59.2 Å². The largest absolute Gasteiger partial charge is 0.744 e. The van der Waals surface area contributed by atoms with Gasteiger partial charge in [0.25, 0.3) is 0 Å². The molecule has 1 heterocycles. The highest BCUT2D eigenvalue weighted by Crippen LogP contribution is 2.50. The zero-order chi connectivity index (χ0) is 32.8. The minimum absolute atomic E-state index is 0.0149. The van der Waals surface area contributed by atoms with Gasteiger partial charge < -0.3 is 45.7 Å². The van der Waals surface area contributed by atoms with E-state index in [1.54, 1.807) is 13.0 Å². The summed E-state index contributed by atoms with van der Waals surface area (Å²) in [6.07, 6.45) is 12.4. The minimum atomic E-state index is -5.24. The van der Waals surface area contributed by atoms with Gasteiger partial charge in [0.2, 0.25) is 0 Å². The number of allylic oxidation sites excluding steroid dienone is 4. The van der Waals surface area contributed by atoms with Gasteiger partial charge in [-0.25, -0.2) is 16.8 Å². The van der Waals surface area contributed by atoms with Gasteiger partial charge in [-0.3, -0.25) is 0 Å². The Hall–Kier alpha value is -3.60. The molecule has 1 unspecified atom stereocenters. The SMILES string of the molecule is CC(=O)CCCCCCN.Nc1ccc2c(c1S(=O)(=O)[O-])OC1=C(S(=O)(=O)[O-])C([NH3+])C=CC1=C2C1=CCCCC=C1C(=O)[O-]. The van der Waals surface area contributed by atoms with Crippen LogP contribution in [0.2, 0.25) is 0 Å². The quantitative estimate of drug-likeness (QED) is 0.178. The molecule has 4 rings (SSSR count). The van der Waals surface area contributed by atoms with Crippen LogP contribution in [0, 0.1) is 0 Å². The van der Waals surface area contributed by atoms with Crippen molar-refractivity contribution in [3.8, 4) is 5.75 Å². The number of unbranched alkanes of at least 4 members (excludes halogenated alkanes) is 3. The summed E-state index contributed by atoms with van der Waals surface area (Å²) in [5.41, 5.74) is 14.1. The van der Waals surface area contributed by atoms with Crippen molar-refractivity contribution in [1.29, 1.82) is 0 Å². The number of anilines is 1. The molecule has 7 N–H and O–H groups in total. The number of aliphatic carboxylic acids is 1. The van der Waals surface area contributed by atoms with Crippen LogP contribution in [0.3, 0.4) is 0 Å². The molecule has 0 aromatic heterocycles. The topological polar surface area (TPSA) is 261 Å². The fraction of sp³-hybridized carbons (Fsp3) is 0.379. The van der Waals surface area contributed by atoms with Crippen LogP contribution < -0.4 is 27.0 Å².